The van der Waals surface area contributed by atoms with Gasteiger partial charge in [0.2, 0.25) is 11.1 Å². The Kier molecular flexibility index (Phi) is 6.27. The molecule has 1 amide bonds. The molecule has 0 atom stereocenters. The summed E-state index contributed by atoms with van der Waals surface area (Å²) in [6, 6.07) is 7.76. The number of carbonyl (C=O) groups excluding carboxylic acids is 1. The number of hydrogen-bond donors (Lipinski definition) is 4. The fourth-order valence-electron chi connectivity index (χ4n) is 2.15. The predicted octanol–water partition coefficient (Wildman–Crippen LogP) is 0.855. The Bertz CT molecular complexity index is 668. The SMILES string of the molecule is CCN(CC)c1ccc(NC(=O)CSc2nnc(NN)n2N)cc1. The highest BCUT2D eigenvalue weighted by Crippen LogP contribution is 2.19. The molecule has 0 unspecified atom stereocenters. The van der Waals surface area contributed by atoms with Crippen LogP contribution >= 0.6 is 11.8 Å². The standard InChI is InChI=1S/C14H22N8OS/c1-3-21(4-2)11-7-5-10(6-8-11)17-12(23)9-24-14-20-19-13(18-15)22(14)16/h5-8H,3-4,9,15-16H2,1-2H3,(H,17,23)(H,18,19). The second-order valence-electron chi connectivity index (χ2n) is 4.88. The Balaban J connectivity index is 1.89. The quantitative estimate of drug-likeness (QED) is 0.313. The zero-order chi connectivity index (χ0) is 17.5. The number of hydrazine groups is 1. The van der Waals surface area contributed by atoms with Gasteiger partial charge < -0.3 is 16.1 Å². The molecular weight excluding hydrogens is 328 g/mol. The zero-order valence-electron chi connectivity index (χ0n) is 13.7. The summed E-state index contributed by atoms with van der Waals surface area (Å²) in [5, 5.41) is 10.8. The van der Waals surface area contributed by atoms with E-state index in [0.29, 0.717) is 5.16 Å². The number of nitrogens with one attached hydrogen (secondary N) is 2. The van der Waals surface area contributed by atoms with Crippen LogP contribution in [0.25, 0.3) is 0 Å². The van der Waals surface area contributed by atoms with E-state index in [9.17, 15) is 4.79 Å². The first-order chi connectivity index (χ1) is 11.6. The van der Waals surface area contributed by atoms with Crippen molar-refractivity contribution in [2.75, 3.05) is 40.3 Å². The number of benzene rings is 1. The van der Waals surface area contributed by atoms with Gasteiger partial charge in [-0.05, 0) is 38.1 Å². The molecule has 0 aliphatic rings. The largest absolute Gasteiger partial charge is 0.372 e. The van der Waals surface area contributed by atoms with Crippen molar-refractivity contribution in [2.24, 2.45) is 5.84 Å². The molecule has 0 bridgehead atoms. The highest BCUT2D eigenvalue weighted by Gasteiger charge is 2.11. The van der Waals surface area contributed by atoms with Gasteiger partial charge in [0, 0.05) is 24.5 Å². The van der Waals surface area contributed by atoms with Gasteiger partial charge in [0.1, 0.15) is 0 Å². The summed E-state index contributed by atoms with van der Waals surface area (Å²) < 4.78 is 1.19. The van der Waals surface area contributed by atoms with Crippen molar-refractivity contribution in [2.45, 2.75) is 19.0 Å². The molecular formula is C14H22N8OS. The van der Waals surface area contributed by atoms with E-state index in [4.69, 9.17) is 11.7 Å². The van der Waals surface area contributed by atoms with Crippen LogP contribution in [0.2, 0.25) is 0 Å². The van der Waals surface area contributed by atoms with Crippen LogP contribution in [-0.4, -0.2) is 39.6 Å². The lowest BCUT2D eigenvalue weighted by Gasteiger charge is -2.21. The lowest BCUT2D eigenvalue weighted by molar-refractivity contribution is -0.113. The Hall–Kier alpha value is -2.46. The molecule has 9 nitrogen and oxygen atoms in total. The van der Waals surface area contributed by atoms with E-state index >= 15 is 0 Å². The van der Waals surface area contributed by atoms with E-state index in [1.165, 1.54) is 16.4 Å². The summed E-state index contributed by atoms with van der Waals surface area (Å²) >= 11 is 1.17. The smallest absolute Gasteiger partial charge is 0.258 e. The van der Waals surface area contributed by atoms with Crippen LogP contribution in [0, 0.1) is 0 Å². The average molecular weight is 350 g/mol. The number of nitrogen functional groups attached to an aromatic ring is 2. The minimum absolute atomic E-state index is 0.152. The number of nitrogens with two attached hydrogens (primary N) is 2. The fraction of sp³-hybridized carbons (Fsp3) is 0.357. The molecule has 24 heavy (non-hydrogen) atoms. The van der Waals surface area contributed by atoms with Gasteiger partial charge in [-0.15, -0.1) is 10.2 Å². The van der Waals surface area contributed by atoms with Gasteiger partial charge in [-0.2, -0.15) is 0 Å². The van der Waals surface area contributed by atoms with Gasteiger partial charge >= 0.3 is 0 Å². The van der Waals surface area contributed by atoms with Crippen LogP contribution in [0.15, 0.2) is 29.4 Å². The zero-order valence-corrected chi connectivity index (χ0v) is 14.5. The molecule has 2 aromatic rings. The topological polar surface area (TPSA) is 127 Å². The summed E-state index contributed by atoms with van der Waals surface area (Å²) in [5.74, 6) is 11.2. The van der Waals surface area contributed by atoms with E-state index < -0.39 is 0 Å². The van der Waals surface area contributed by atoms with E-state index in [2.05, 4.69) is 39.7 Å². The van der Waals surface area contributed by atoms with Crippen molar-refractivity contribution in [3.8, 4) is 0 Å². The molecule has 0 spiro atoms. The predicted molar refractivity (Wildman–Crippen MR) is 97.3 cm³/mol. The van der Waals surface area contributed by atoms with Gasteiger partial charge in [0.15, 0.2) is 0 Å². The Morgan fingerprint density at radius 3 is 2.46 bits per heavy atom. The van der Waals surface area contributed by atoms with Gasteiger partial charge in [0.05, 0.1) is 5.75 Å². The molecule has 6 N–H and O–H groups in total. The maximum atomic E-state index is 12.0. The lowest BCUT2D eigenvalue weighted by atomic mass is 10.2. The second-order valence-corrected chi connectivity index (χ2v) is 5.82. The van der Waals surface area contributed by atoms with Crippen molar-refractivity contribution in [1.82, 2.24) is 14.9 Å². The maximum absolute atomic E-state index is 12.0. The number of aromatic nitrogens is 3. The number of amides is 1. The molecule has 10 heteroatoms. The Morgan fingerprint density at radius 1 is 1.25 bits per heavy atom. The van der Waals surface area contributed by atoms with Gasteiger partial charge in [-0.3, -0.25) is 10.2 Å². The number of nitrogens with zero attached hydrogens (tertiary/aromatic N) is 4. The normalized spacial score (nSPS) is 10.5. The first-order valence-corrected chi connectivity index (χ1v) is 8.52. The molecule has 0 aliphatic carbocycles. The number of hydrogen-bond acceptors (Lipinski definition) is 8. The second kappa shape index (κ2) is 8.41. The van der Waals surface area contributed by atoms with Crippen molar-refractivity contribution in [3.63, 3.8) is 0 Å². The van der Waals surface area contributed by atoms with E-state index in [-0.39, 0.29) is 17.6 Å². The lowest BCUT2D eigenvalue weighted by Crippen LogP contribution is -2.21. The van der Waals surface area contributed by atoms with Crippen LogP contribution in [0.1, 0.15) is 13.8 Å². The van der Waals surface area contributed by atoms with Crippen molar-refractivity contribution in [1.29, 1.82) is 0 Å². The summed E-state index contributed by atoms with van der Waals surface area (Å²) in [5.41, 5.74) is 4.19. The van der Waals surface area contributed by atoms with E-state index in [1.807, 2.05) is 24.3 Å². The van der Waals surface area contributed by atoms with Gasteiger partial charge in [-0.25, -0.2) is 10.5 Å². The molecule has 0 saturated carbocycles. The molecule has 1 heterocycles. The Labute approximate surface area is 144 Å². The fourth-order valence-corrected chi connectivity index (χ4v) is 2.80. The van der Waals surface area contributed by atoms with Crippen LogP contribution in [-0.2, 0) is 4.79 Å². The third-order valence-electron chi connectivity index (χ3n) is 3.41. The van der Waals surface area contributed by atoms with E-state index in [1.54, 1.807) is 0 Å². The number of carbonyl (C=O) groups is 1. The summed E-state index contributed by atoms with van der Waals surface area (Å²) in [6.07, 6.45) is 0. The third-order valence-corrected chi connectivity index (χ3v) is 4.35. The molecule has 0 fully saturated rings. The minimum Gasteiger partial charge on any atom is -0.372 e. The molecule has 130 valence electrons. The summed E-state index contributed by atoms with van der Waals surface area (Å²) in [7, 11) is 0. The molecule has 1 aromatic carbocycles. The molecule has 2 rings (SSSR count). The van der Waals surface area contributed by atoms with Crippen LogP contribution in [0.3, 0.4) is 0 Å². The van der Waals surface area contributed by atoms with Crippen LogP contribution < -0.4 is 27.3 Å². The van der Waals surface area contributed by atoms with Crippen LogP contribution in [0.4, 0.5) is 17.3 Å². The van der Waals surface area contributed by atoms with Gasteiger partial charge in [0.25, 0.3) is 5.95 Å². The number of thioether (sulfide) groups is 1. The first-order valence-electron chi connectivity index (χ1n) is 7.53. The molecule has 0 radical (unpaired) electrons. The van der Waals surface area contributed by atoms with Crippen molar-refractivity contribution in [3.05, 3.63) is 24.3 Å². The van der Waals surface area contributed by atoms with Crippen molar-refractivity contribution < 1.29 is 4.79 Å². The summed E-state index contributed by atoms with van der Waals surface area (Å²) in [6.45, 7) is 6.10. The van der Waals surface area contributed by atoms with Gasteiger partial charge in [-0.1, -0.05) is 11.8 Å². The monoisotopic (exact) mass is 350 g/mol. The average Bonchev–Trinajstić information content (AvgIpc) is 2.95. The van der Waals surface area contributed by atoms with E-state index in [0.717, 1.165) is 24.5 Å². The maximum Gasteiger partial charge on any atom is 0.258 e. The number of rotatable bonds is 8. The van der Waals surface area contributed by atoms with Crippen molar-refractivity contribution >= 4 is 35.0 Å². The minimum atomic E-state index is -0.152. The highest BCUT2D eigenvalue weighted by molar-refractivity contribution is 7.99. The first kappa shape index (κ1) is 17.9. The summed E-state index contributed by atoms with van der Waals surface area (Å²) in [4.78, 5) is 14.3. The number of anilines is 3. The molecule has 0 saturated heterocycles. The highest BCUT2D eigenvalue weighted by atomic mass is 32.2. The Morgan fingerprint density at radius 2 is 1.92 bits per heavy atom. The molecule has 0 aliphatic heterocycles. The molecule has 1 aromatic heterocycles. The third kappa shape index (κ3) is 4.30. The van der Waals surface area contributed by atoms with Crippen LogP contribution in [0.5, 0.6) is 0 Å².